The van der Waals surface area contributed by atoms with E-state index >= 15 is 0 Å². The minimum atomic E-state index is -1.19. The van der Waals surface area contributed by atoms with Gasteiger partial charge < -0.3 is 15.2 Å². The summed E-state index contributed by atoms with van der Waals surface area (Å²) in [6.07, 6.45) is 1.90. The van der Waals surface area contributed by atoms with E-state index < -0.39 is 11.5 Å². The Balaban J connectivity index is 2.32. The first-order valence-corrected chi connectivity index (χ1v) is 7.20. The van der Waals surface area contributed by atoms with Gasteiger partial charge in [-0.25, -0.2) is 4.79 Å². The molecule has 1 aromatic rings. The van der Waals surface area contributed by atoms with Gasteiger partial charge in [-0.2, -0.15) is 0 Å². The second-order valence-corrected chi connectivity index (χ2v) is 5.20. The van der Waals surface area contributed by atoms with Crippen molar-refractivity contribution in [3.63, 3.8) is 0 Å². The molecular formula is C16H23NO4. The molecule has 21 heavy (non-hydrogen) atoms. The van der Waals surface area contributed by atoms with E-state index in [0.29, 0.717) is 25.9 Å². The number of carboxylic acids is 1. The molecule has 116 valence electrons. The zero-order chi connectivity index (χ0) is 15.7. The SMILES string of the molecule is CCCC(C)(NC(=O)CCCOc1ccccc1)C(=O)O. The Bertz CT molecular complexity index is 461. The van der Waals surface area contributed by atoms with Crippen LogP contribution < -0.4 is 10.1 Å². The number of para-hydroxylation sites is 1. The normalized spacial score (nSPS) is 13.2. The topological polar surface area (TPSA) is 75.6 Å². The average molecular weight is 293 g/mol. The van der Waals surface area contributed by atoms with Crippen LogP contribution in [0.25, 0.3) is 0 Å². The van der Waals surface area contributed by atoms with Crippen molar-refractivity contribution >= 4 is 11.9 Å². The van der Waals surface area contributed by atoms with Crippen molar-refractivity contribution < 1.29 is 19.4 Å². The lowest BCUT2D eigenvalue weighted by Gasteiger charge is -2.25. The van der Waals surface area contributed by atoms with Gasteiger partial charge in [-0.05, 0) is 31.9 Å². The van der Waals surface area contributed by atoms with Gasteiger partial charge in [0.2, 0.25) is 5.91 Å². The van der Waals surface area contributed by atoms with Gasteiger partial charge in [0.1, 0.15) is 11.3 Å². The Hall–Kier alpha value is -2.04. The van der Waals surface area contributed by atoms with Gasteiger partial charge in [-0.15, -0.1) is 0 Å². The molecule has 0 bridgehead atoms. The molecule has 0 aliphatic heterocycles. The monoisotopic (exact) mass is 293 g/mol. The van der Waals surface area contributed by atoms with Crippen molar-refractivity contribution in [2.24, 2.45) is 0 Å². The quantitative estimate of drug-likeness (QED) is 0.686. The van der Waals surface area contributed by atoms with Crippen LogP contribution in [0.4, 0.5) is 0 Å². The Morgan fingerprint density at radius 2 is 1.95 bits per heavy atom. The van der Waals surface area contributed by atoms with E-state index in [9.17, 15) is 14.7 Å². The maximum absolute atomic E-state index is 11.8. The van der Waals surface area contributed by atoms with Gasteiger partial charge in [-0.1, -0.05) is 31.5 Å². The van der Waals surface area contributed by atoms with E-state index in [-0.39, 0.29) is 12.3 Å². The van der Waals surface area contributed by atoms with Crippen molar-refractivity contribution in [2.75, 3.05) is 6.61 Å². The number of carbonyl (C=O) groups excluding carboxylic acids is 1. The summed E-state index contributed by atoms with van der Waals surface area (Å²) in [4.78, 5) is 23.0. The second-order valence-electron chi connectivity index (χ2n) is 5.20. The molecule has 0 radical (unpaired) electrons. The van der Waals surface area contributed by atoms with Crippen molar-refractivity contribution in [1.29, 1.82) is 0 Å². The number of amides is 1. The highest BCUT2D eigenvalue weighted by molar-refractivity contribution is 5.86. The van der Waals surface area contributed by atoms with E-state index in [1.165, 1.54) is 6.92 Å². The van der Waals surface area contributed by atoms with Gasteiger partial charge in [0.25, 0.3) is 0 Å². The first-order chi connectivity index (χ1) is 9.98. The lowest BCUT2D eigenvalue weighted by atomic mass is 9.96. The van der Waals surface area contributed by atoms with Crippen molar-refractivity contribution in [3.8, 4) is 5.75 Å². The number of aliphatic carboxylic acids is 1. The molecule has 0 fully saturated rings. The number of benzene rings is 1. The van der Waals surface area contributed by atoms with E-state index in [0.717, 1.165) is 5.75 Å². The summed E-state index contributed by atoms with van der Waals surface area (Å²) in [5, 5.41) is 11.8. The maximum Gasteiger partial charge on any atom is 0.329 e. The second kappa shape index (κ2) is 8.29. The van der Waals surface area contributed by atoms with Crippen LogP contribution in [-0.2, 0) is 9.59 Å². The Kier molecular flexibility index (Phi) is 6.72. The molecule has 1 aromatic carbocycles. The predicted molar refractivity (Wildman–Crippen MR) is 80.3 cm³/mol. The van der Waals surface area contributed by atoms with Gasteiger partial charge in [0.05, 0.1) is 6.61 Å². The highest BCUT2D eigenvalue weighted by Gasteiger charge is 2.33. The Labute approximate surface area is 125 Å². The molecule has 0 aromatic heterocycles. The molecule has 0 aliphatic rings. The minimum Gasteiger partial charge on any atom is -0.494 e. The number of rotatable bonds is 9. The summed E-state index contributed by atoms with van der Waals surface area (Å²) in [5.74, 6) is -0.498. The van der Waals surface area contributed by atoms with Crippen molar-refractivity contribution in [2.45, 2.75) is 45.1 Å². The fourth-order valence-corrected chi connectivity index (χ4v) is 2.03. The molecule has 5 heteroatoms. The summed E-state index contributed by atoms with van der Waals surface area (Å²) in [6.45, 7) is 3.85. The summed E-state index contributed by atoms with van der Waals surface area (Å²) in [5.41, 5.74) is -1.19. The van der Waals surface area contributed by atoms with Crippen LogP contribution in [0.5, 0.6) is 5.75 Å². The average Bonchev–Trinajstić information content (AvgIpc) is 2.45. The zero-order valence-corrected chi connectivity index (χ0v) is 12.6. The Morgan fingerprint density at radius 3 is 2.52 bits per heavy atom. The highest BCUT2D eigenvalue weighted by atomic mass is 16.5. The lowest BCUT2D eigenvalue weighted by molar-refractivity contribution is -0.147. The van der Waals surface area contributed by atoms with Crippen molar-refractivity contribution in [3.05, 3.63) is 30.3 Å². The number of nitrogens with one attached hydrogen (secondary N) is 1. The molecule has 1 atom stereocenters. The molecule has 0 saturated carbocycles. The molecular weight excluding hydrogens is 270 g/mol. The fourth-order valence-electron chi connectivity index (χ4n) is 2.03. The van der Waals surface area contributed by atoms with Crippen LogP contribution in [0.2, 0.25) is 0 Å². The number of ether oxygens (including phenoxy) is 1. The maximum atomic E-state index is 11.8. The zero-order valence-electron chi connectivity index (χ0n) is 12.6. The molecule has 0 heterocycles. The summed E-state index contributed by atoms with van der Waals surface area (Å²) in [6, 6.07) is 9.36. The third kappa shape index (κ3) is 5.85. The first-order valence-electron chi connectivity index (χ1n) is 7.20. The predicted octanol–water partition coefficient (Wildman–Crippen LogP) is 2.61. The van der Waals surface area contributed by atoms with Crippen LogP contribution in [0, 0.1) is 0 Å². The molecule has 0 aliphatic carbocycles. The third-order valence-electron chi connectivity index (χ3n) is 3.20. The Morgan fingerprint density at radius 1 is 1.29 bits per heavy atom. The van der Waals surface area contributed by atoms with Gasteiger partial charge in [0, 0.05) is 6.42 Å². The first kappa shape index (κ1) is 17.0. The van der Waals surface area contributed by atoms with Crippen LogP contribution in [0.15, 0.2) is 30.3 Å². The largest absolute Gasteiger partial charge is 0.494 e. The van der Waals surface area contributed by atoms with E-state index in [4.69, 9.17) is 4.74 Å². The van der Waals surface area contributed by atoms with Gasteiger partial charge in [0.15, 0.2) is 0 Å². The minimum absolute atomic E-state index is 0.249. The molecule has 5 nitrogen and oxygen atoms in total. The van der Waals surface area contributed by atoms with E-state index in [1.54, 1.807) is 0 Å². The summed E-state index contributed by atoms with van der Waals surface area (Å²) < 4.78 is 5.49. The highest BCUT2D eigenvalue weighted by Crippen LogP contribution is 2.13. The molecule has 0 saturated heterocycles. The van der Waals surface area contributed by atoms with Crippen molar-refractivity contribution in [1.82, 2.24) is 5.32 Å². The standard InChI is InChI=1S/C16H23NO4/c1-3-11-16(2,15(19)20)17-14(18)10-7-12-21-13-8-5-4-6-9-13/h4-6,8-9H,3,7,10-12H2,1-2H3,(H,17,18)(H,19,20). The smallest absolute Gasteiger partial charge is 0.329 e. The number of carbonyl (C=O) groups is 2. The molecule has 2 N–H and O–H groups in total. The van der Waals surface area contributed by atoms with Crippen LogP contribution in [-0.4, -0.2) is 29.1 Å². The lowest BCUT2D eigenvalue weighted by Crippen LogP contribution is -2.52. The van der Waals surface area contributed by atoms with Gasteiger partial charge in [-0.3, -0.25) is 4.79 Å². The molecule has 0 spiro atoms. The van der Waals surface area contributed by atoms with E-state index in [1.807, 2.05) is 37.3 Å². The molecule has 1 amide bonds. The van der Waals surface area contributed by atoms with Gasteiger partial charge >= 0.3 is 5.97 Å². The summed E-state index contributed by atoms with van der Waals surface area (Å²) >= 11 is 0. The van der Waals surface area contributed by atoms with Crippen LogP contribution in [0.3, 0.4) is 0 Å². The van der Waals surface area contributed by atoms with Crippen LogP contribution in [0.1, 0.15) is 39.5 Å². The number of carboxylic acid groups (broad SMARTS) is 1. The number of hydrogen-bond donors (Lipinski definition) is 2. The molecule has 1 unspecified atom stereocenters. The number of hydrogen-bond acceptors (Lipinski definition) is 3. The third-order valence-corrected chi connectivity index (χ3v) is 3.20. The van der Waals surface area contributed by atoms with E-state index in [2.05, 4.69) is 5.32 Å². The summed E-state index contributed by atoms with van der Waals surface area (Å²) in [7, 11) is 0. The molecule has 1 rings (SSSR count). The van der Waals surface area contributed by atoms with Crippen LogP contribution >= 0.6 is 0 Å². The fraction of sp³-hybridized carbons (Fsp3) is 0.500.